The summed E-state index contributed by atoms with van der Waals surface area (Å²) in [5.74, 6) is -2.72. The molecule has 1 heterocycles. The highest BCUT2D eigenvalue weighted by molar-refractivity contribution is 5.94. The maximum absolute atomic E-state index is 13.7. The van der Waals surface area contributed by atoms with E-state index in [2.05, 4.69) is 9.84 Å². The van der Waals surface area contributed by atoms with Gasteiger partial charge in [-0.2, -0.15) is 5.10 Å². The molecule has 0 bridgehead atoms. The van der Waals surface area contributed by atoms with Crippen LogP contribution in [0.4, 0.5) is 17.6 Å². The number of carboxylic acids is 1. The number of hydrogen-bond donors (Lipinski definition) is 3. The van der Waals surface area contributed by atoms with E-state index in [4.69, 9.17) is 5.11 Å². The molecule has 0 aliphatic heterocycles. The first-order chi connectivity index (χ1) is 19.6. The second kappa shape index (κ2) is 13.8. The normalized spacial score (nSPS) is 13.2. The van der Waals surface area contributed by atoms with Crippen molar-refractivity contribution in [3.8, 4) is 11.4 Å². The minimum absolute atomic E-state index is 0.0571. The van der Waals surface area contributed by atoms with Crippen molar-refractivity contribution in [2.24, 2.45) is 0 Å². The number of rotatable bonds is 13. The number of halogens is 4. The number of alkyl halides is 3. The van der Waals surface area contributed by atoms with Crippen molar-refractivity contribution in [1.82, 2.24) is 14.7 Å². The average molecular weight is 596 g/mol. The third kappa shape index (κ3) is 9.02. The minimum Gasteiger partial charge on any atom is -0.481 e. The van der Waals surface area contributed by atoms with Gasteiger partial charge in [0.15, 0.2) is 5.69 Å². The number of ether oxygens (including phenoxy) is 1. The van der Waals surface area contributed by atoms with Crippen molar-refractivity contribution >= 4 is 11.9 Å². The lowest BCUT2D eigenvalue weighted by Gasteiger charge is -2.19. The molecule has 2 atom stereocenters. The van der Waals surface area contributed by atoms with Crippen LogP contribution in [0.2, 0.25) is 0 Å². The molecule has 1 amide bonds. The molecule has 2 aromatic carbocycles. The molecule has 0 fully saturated rings. The van der Waals surface area contributed by atoms with Crippen molar-refractivity contribution in [3.05, 3.63) is 76.9 Å². The van der Waals surface area contributed by atoms with Gasteiger partial charge < -0.3 is 25.0 Å². The molecule has 3 N–H and O–H groups in total. The zero-order chi connectivity index (χ0) is 31.2. The van der Waals surface area contributed by atoms with E-state index in [9.17, 15) is 37.4 Å². The lowest BCUT2D eigenvalue weighted by Crippen LogP contribution is -2.27. The summed E-state index contributed by atoms with van der Waals surface area (Å²) in [5.41, 5.74) is 2.30. The van der Waals surface area contributed by atoms with Gasteiger partial charge in [-0.05, 0) is 67.1 Å². The summed E-state index contributed by atoms with van der Waals surface area (Å²) >= 11 is 0. The van der Waals surface area contributed by atoms with Crippen LogP contribution in [0, 0.1) is 5.82 Å². The monoisotopic (exact) mass is 595 g/mol. The van der Waals surface area contributed by atoms with Crippen molar-refractivity contribution < 1.29 is 47.2 Å². The van der Waals surface area contributed by atoms with Crippen LogP contribution >= 0.6 is 0 Å². The Morgan fingerprint density at radius 3 is 2.19 bits per heavy atom. The number of aromatic nitrogens is 2. The Labute approximate surface area is 240 Å². The summed E-state index contributed by atoms with van der Waals surface area (Å²) in [6, 6.07) is 10.6. The van der Waals surface area contributed by atoms with E-state index in [1.54, 1.807) is 0 Å². The number of hydrogen-bond acceptors (Lipinski definition) is 6. The van der Waals surface area contributed by atoms with Gasteiger partial charge in [0, 0.05) is 24.8 Å². The van der Waals surface area contributed by atoms with Gasteiger partial charge in [-0.25, -0.2) is 9.07 Å². The molecule has 0 spiro atoms. The number of aliphatic carboxylic acids is 1. The maximum Gasteiger partial charge on any atom is 0.573 e. The first kappa shape index (κ1) is 32.5. The Hall–Kier alpha value is -3.97. The first-order valence-electron chi connectivity index (χ1n) is 13.2. The van der Waals surface area contributed by atoms with Crippen LogP contribution in [0.3, 0.4) is 0 Å². The summed E-state index contributed by atoms with van der Waals surface area (Å²) in [6.45, 7) is 3.78. The molecule has 3 aromatic rings. The minimum atomic E-state index is -4.82. The second-order valence-electron chi connectivity index (χ2n) is 10.3. The fourth-order valence-corrected chi connectivity index (χ4v) is 4.61. The summed E-state index contributed by atoms with van der Waals surface area (Å²) in [7, 11) is 1.52. The Morgan fingerprint density at radius 2 is 1.64 bits per heavy atom. The molecule has 0 radical (unpaired) electrons. The Balaban J connectivity index is 1.90. The number of amides is 1. The number of nitrogens with zero attached hydrogens (tertiary/aromatic N) is 3. The fourth-order valence-electron chi connectivity index (χ4n) is 4.61. The number of aliphatic hydroxyl groups excluding tert-OH is 2. The number of aliphatic hydroxyl groups is 2. The molecular formula is C29H33F4N3O6. The summed E-state index contributed by atoms with van der Waals surface area (Å²) < 4.78 is 56.5. The van der Waals surface area contributed by atoms with Gasteiger partial charge in [0.2, 0.25) is 0 Å². The Morgan fingerprint density at radius 1 is 1.02 bits per heavy atom. The van der Waals surface area contributed by atoms with E-state index >= 15 is 0 Å². The Bertz CT molecular complexity index is 1360. The van der Waals surface area contributed by atoms with Crippen molar-refractivity contribution in [3.63, 3.8) is 0 Å². The average Bonchev–Trinajstić information content (AvgIpc) is 3.27. The Kier molecular flexibility index (Phi) is 10.7. The summed E-state index contributed by atoms with van der Waals surface area (Å²) in [6.07, 6.45) is -7.43. The van der Waals surface area contributed by atoms with Crippen LogP contribution in [0.5, 0.6) is 5.75 Å². The predicted molar refractivity (Wildman–Crippen MR) is 144 cm³/mol. The highest BCUT2D eigenvalue weighted by Crippen LogP contribution is 2.30. The third-order valence-electron chi connectivity index (χ3n) is 6.46. The van der Waals surface area contributed by atoms with Gasteiger partial charge in [0.1, 0.15) is 11.6 Å². The van der Waals surface area contributed by atoms with E-state index in [1.807, 2.05) is 13.8 Å². The lowest BCUT2D eigenvalue weighted by atomic mass is 9.95. The topological polar surface area (TPSA) is 125 Å². The number of carbonyl (C=O) groups is 2. The van der Waals surface area contributed by atoms with Crippen LogP contribution in [-0.2, 0) is 17.8 Å². The third-order valence-corrected chi connectivity index (χ3v) is 6.46. The summed E-state index contributed by atoms with van der Waals surface area (Å²) in [4.78, 5) is 25.9. The van der Waals surface area contributed by atoms with E-state index in [0.717, 1.165) is 12.1 Å². The molecule has 42 heavy (non-hydrogen) atoms. The molecule has 0 saturated heterocycles. The van der Waals surface area contributed by atoms with Crippen molar-refractivity contribution in [1.29, 1.82) is 0 Å². The largest absolute Gasteiger partial charge is 0.573 e. The molecule has 13 heteroatoms. The van der Waals surface area contributed by atoms with Gasteiger partial charge in [-0.3, -0.25) is 9.59 Å². The lowest BCUT2D eigenvalue weighted by molar-refractivity contribution is -0.274. The van der Waals surface area contributed by atoms with E-state index in [0.29, 0.717) is 22.5 Å². The molecule has 228 valence electrons. The van der Waals surface area contributed by atoms with Crippen LogP contribution in [0.25, 0.3) is 5.69 Å². The zero-order valence-corrected chi connectivity index (χ0v) is 23.3. The highest BCUT2D eigenvalue weighted by atomic mass is 19.4. The molecule has 0 saturated carbocycles. The van der Waals surface area contributed by atoms with E-state index in [-0.39, 0.29) is 43.2 Å². The fraction of sp³-hybridized carbons (Fsp3) is 0.414. The molecule has 9 nitrogen and oxygen atoms in total. The molecule has 2 unspecified atom stereocenters. The smallest absolute Gasteiger partial charge is 0.481 e. The van der Waals surface area contributed by atoms with Gasteiger partial charge in [0.05, 0.1) is 24.3 Å². The predicted octanol–water partition coefficient (Wildman–Crippen LogP) is 4.82. The SMILES string of the molecule is CC(C)c1c(C(=O)N(C)Cc2ccc(OC(F)(F)F)cc2)nn(-c2ccc(F)cc2)c1CCC(O)CC(O)CC(=O)O. The standard InChI is InChI=1S/C29H33F4N3O6/c1-17(2)26-24(13-10-21(37)14-22(38)15-25(39)40)36(20-8-6-19(30)7-9-20)34-27(26)28(41)35(3)16-18-4-11-23(12-5-18)42-29(31,32)33/h4-9,11-12,17,21-22,37-38H,10,13-16H2,1-3H3,(H,39,40). The quantitative estimate of drug-likeness (QED) is 0.242. The molecular weight excluding hydrogens is 562 g/mol. The molecule has 1 aromatic heterocycles. The van der Waals surface area contributed by atoms with Gasteiger partial charge in [-0.15, -0.1) is 13.2 Å². The highest BCUT2D eigenvalue weighted by Gasteiger charge is 2.31. The number of carbonyl (C=O) groups excluding carboxylic acids is 1. The van der Waals surface area contributed by atoms with Gasteiger partial charge in [-0.1, -0.05) is 26.0 Å². The van der Waals surface area contributed by atoms with E-state index in [1.165, 1.54) is 53.0 Å². The summed E-state index contributed by atoms with van der Waals surface area (Å²) in [5, 5.41) is 33.8. The zero-order valence-electron chi connectivity index (χ0n) is 23.3. The number of carboxylic acid groups (broad SMARTS) is 1. The molecule has 0 aliphatic carbocycles. The van der Waals surface area contributed by atoms with E-state index < -0.39 is 42.7 Å². The molecule has 3 rings (SSSR count). The maximum atomic E-state index is 13.7. The molecule has 0 aliphatic rings. The van der Waals surface area contributed by atoms with Gasteiger partial charge >= 0.3 is 12.3 Å². The van der Waals surface area contributed by atoms with Crippen LogP contribution in [0.1, 0.15) is 66.3 Å². The van der Waals surface area contributed by atoms with Crippen molar-refractivity contribution in [2.75, 3.05) is 7.05 Å². The van der Waals surface area contributed by atoms with Crippen LogP contribution < -0.4 is 4.74 Å². The van der Waals surface area contributed by atoms with Crippen molar-refractivity contribution in [2.45, 2.75) is 70.6 Å². The van der Waals surface area contributed by atoms with Crippen LogP contribution in [0.15, 0.2) is 48.5 Å². The second-order valence-corrected chi connectivity index (χ2v) is 10.3. The first-order valence-corrected chi connectivity index (χ1v) is 13.2. The van der Waals surface area contributed by atoms with Crippen LogP contribution in [-0.4, -0.2) is 67.5 Å². The number of benzene rings is 2. The van der Waals surface area contributed by atoms with Gasteiger partial charge in [0.25, 0.3) is 5.91 Å².